The van der Waals surface area contributed by atoms with E-state index >= 15 is 0 Å². The van der Waals surface area contributed by atoms with E-state index in [1.165, 1.54) is 18.2 Å². The summed E-state index contributed by atoms with van der Waals surface area (Å²) in [6, 6.07) is 12.9. The fourth-order valence-electron chi connectivity index (χ4n) is 4.20. The highest BCUT2D eigenvalue weighted by Crippen LogP contribution is 2.39. The SMILES string of the molecule is O=C(CC1CCC(c2ccnc3c(F)cccc23)CC1)Nc1ccc(F)cc1. The van der Waals surface area contributed by atoms with Gasteiger partial charge in [-0.05, 0) is 79.5 Å². The quantitative estimate of drug-likeness (QED) is 0.620. The van der Waals surface area contributed by atoms with Gasteiger partial charge in [0.15, 0.2) is 0 Å². The van der Waals surface area contributed by atoms with E-state index in [0.717, 1.165) is 36.6 Å². The first-order valence-corrected chi connectivity index (χ1v) is 9.68. The molecule has 1 aliphatic rings. The van der Waals surface area contributed by atoms with Gasteiger partial charge >= 0.3 is 0 Å². The van der Waals surface area contributed by atoms with Gasteiger partial charge in [0.25, 0.3) is 0 Å². The Bertz CT molecular complexity index is 980. The Morgan fingerprint density at radius 1 is 1.00 bits per heavy atom. The standard InChI is InChI=1S/C23H22F2N2O/c24-17-8-10-18(11-9-17)27-22(28)14-15-4-6-16(7-5-15)19-12-13-26-23-20(19)2-1-3-21(23)25/h1-3,8-13,15-16H,4-7,14H2,(H,27,28). The van der Waals surface area contributed by atoms with E-state index in [1.807, 2.05) is 12.1 Å². The Morgan fingerprint density at radius 2 is 1.75 bits per heavy atom. The molecule has 2 aromatic carbocycles. The number of carbonyl (C=O) groups excluding carboxylic acids is 1. The van der Waals surface area contributed by atoms with Crippen LogP contribution >= 0.6 is 0 Å². The Morgan fingerprint density at radius 3 is 2.50 bits per heavy atom. The molecule has 0 unspecified atom stereocenters. The molecular formula is C23H22F2N2O. The van der Waals surface area contributed by atoms with Crippen molar-refractivity contribution in [2.24, 2.45) is 5.92 Å². The van der Waals surface area contributed by atoms with E-state index < -0.39 is 0 Å². The smallest absolute Gasteiger partial charge is 0.224 e. The van der Waals surface area contributed by atoms with Gasteiger partial charge in [-0.25, -0.2) is 8.78 Å². The number of nitrogens with one attached hydrogen (secondary N) is 1. The summed E-state index contributed by atoms with van der Waals surface area (Å²) in [5.74, 6) is 0.0575. The summed E-state index contributed by atoms with van der Waals surface area (Å²) >= 11 is 0. The molecule has 0 aliphatic heterocycles. The number of nitrogens with zero attached hydrogens (tertiary/aromatic N) is 1. The van der Waals surface area contributed by atoms with Crippen molar-refractivity contribution in [2.75, 3.05) is 5.32 Å². The molecule has 1 aliphatic carbocycles. The number of para-hydroxylation sites is 1. The van der Waals surface area contributed by atoms with Crippen LogP contribution in [0.1, 0.15) is 43.6 Å². The number of pyridine rings is 1. The highest BCUT2D eigenvalue weighted by atomic mass is 19.1. The lowest BCUT2D eigenvalue weighted by Gasteiger charge is -2.29. The molecule has 5 heteroatoms. The van der Waals surface area contributed by atoms with Crippen molar-refractivity contribution in [3.63, 3.8) is 0 Å². The summed E-state index contributed by atoms with van der Waals surface area (Å²) < 4.78 is 27.0. The first kappa shape index (κ1) is 18.5. The van der Waals surface area contributed by atoms with Crippen LogP contribution in [0.15, 0.2) is 54.7 Å². The Hall–Kier alpha value is -2.82. The molecular weight excluding hydrogens is 358 g/mol. The lowest BCUT2D eigenvalue weighted by Crippen LogP contribution is -2.20. The van der Waals surface area contributed by atoms with E-state index in [1.54, 1.807) is 24.4 Å². The largest absolute Gasteiger partial charge is 0.326 e. The number of aromatic nitrogens is 1. The van der Waals surface area contributed by atoms with Crippen LogP contribution in [0.25, 0.3) is 10.9 Å². The predicted molar refractivity (Wildman–Crippen MR) is 106 cm³/mol. The molecule has 0 atom stereocenters. The molecule has 1 aromatic heterocycles. The summed E-state index contributed by atoms with van der Waals surface area (Å²) in [6.45, 7) is 0. The molecule has 28 heavy (non-hydrogen) atoms. The lowest BCUT2D eigenvalue weighted by atomic mass is 9.77. The monoisotopic (exact) mass is 380 g/mol. The maximum Gasteiger partial charge on any atom is 0.224 e. The van der Waals surface area contributed by atoms with Gasteiger partial charge in [-0.1, -0.05) is 12.1 Å². The fourth-order valence-corrected chi connectivity index (χ4v) is 4.20. The normalized spacial score (nSPS) is 19.5. The Kier molecular flexibility index (Phi) is 5.33. The lowest BCUT2D eigenvalue weighted by molar-refractivity contribution is -0.117. The van der Waals surface area contributed by atoms with Gasteiger partial charge < -0.3 is 5.32 Å². The summed E-state index contributed by atoms with van der Waals surface area (Å²) in [7, 11) is 0. The van der Waals surface area contributed by atoms with Crippen LogP contribution in [0, 0.1) is 17.6 Å². The van der Waals surface area contributed by atoms with E-state index in [9.17, 15) is 13.6 Å². The molecule has 1 saturated carbocycles. The van der Waals surface area contributed by atoms with Gasteiger partial charge in [-0.15, -0.1) is 0 Å². The van der Waals surface area contributed by atoms with E-state index in [-0.39, 0.29) is 17.5 Å². The summed E-state index contributed by atoms with van der Waals surface area (Å²) in [4.78, 5) is 16.5. The van der Waals surface area contributed by atoms with Gasteiger partial charge in [0.2, 0.25) is 5.91 Å². The molecule has 1 amide bonds. The number of anilines is 1. The molecule has 4 rings (SSSR count). The number of benzene rings is 2. The van der Waals surface area contributed by atoms with E-state index in [0.29, 0.717) is 29.5 Å². The molecule has 0 saturated heterocycles. The third kappa shape index (κ3) is 4.03. The predicted octanol–water partition coefficient (Wildman–Crippen LogP) is 5.82. The maximum absolute atomic E-state index is 14.0. The zero-order chi connectivity index (χ0) is 19.5. The minimum atomic E-state index is -0.320. The number of halogens is 2. The van der Waals surface area contributed by atoms with Crippen LogP contribution in [0.3, 0.4) is 0 Å². The molecule has 144 valence electrons. The van der Waals surface area contributed by atoms with Crippen LogP contribution in [0.5, 0.6) is 0 Å². The number of fused-ring (bicyclic) bond motifs is 1. The third-order valence-corrected chi connectivity index (χ3v) is 5.64. The molecule has 3 aromatic rings. The Balaban J connectivity index is 1.37. The average molecular weight is 380 g/mol. The van der Waals surface area contributed by atoms with Gasteiger partial charge in [0.1, 0.15) is 17.2 Å². The number of rotatable bonds is 4. The van der Waals surface area contributed by atoms with Crippen molar-refractivity contribution in [1.29, 1.82) is 0 Å². The highest BCUT2D eigenvalue weighted by Gasteiger charge is 2.25. The van der Waals surface area contributed by atoms with Crippen LogP contribution < -0.4 is 5.32 Å². The second-order valence-corrected chi connectivity index (χ2v) is 7.51. The molecule has 1 fully saturated rings. The van der Waals surface area contributed by atoms with Crippen molar-refractivity contribution < 1.29 is 13.6 Å². The van der Waals surface area contributed by atoms with Gasteiger partial charge in [0.05, 0.1) is 0 Å². The highest BCUT2D eigenvalue weighted by molar-refractivity contribution is 5.90. The zero-order valence-corrected chi connectivity index (χ0v) is 15.5. The van der Waals surface area contributed by atoms with Crippen molar-refractivity contribution in [2.45, 2.75) is 38.0 Å². The van der Waals surface area contributed by atoms with Gasteiger partial charge in [0, 0.05) is 23.7 Å². The number of hydrogen-bond acceptors (Lipinski definition) is 2. The Labute approximate surface area is 162 Å². The number of carbonyl (C=O) groups is 1. The zero-order valence-electron chi connectivity index (χ0n) is 15.5. The van der Waals surface area contributed by atoms with Gasteiger partial charge in [-0.3, -0.25) is 9.78 Å². The summed E-state index contributed by atoms with van der Waals surface area (Å²) in [5, 5.41) is 3.72. The maximum atomic E-state index is 14.0. The molecule has 0 radical (unpaired) electrons. The number of amides is 1. The van der Waals surface area contributed by atoms with E-state index in [4.69, 9.17) is 0 Å². The van der Waals surface area contributed by atoms with E-state index in [2.05, 4.69) is 10.3 Å². The van der Waals surface area contributed by atoms with Crippen molar-refractivity contribution in [3.8, 4) is 0 Å². The van der Waals surface area contributed by atoms with Crippen LogP contribution in [-0.2, 0) is 4.79 Å². The average Bonchev–Trinajstić information content (AvgIpc) is 2.70. The number of hydrogen-bond donors (Lipinski definition) is 1. The molecule has 1 N–H and O–H groups in total. The van der Waals surface area contributed by atoms with Crippen molar-refractivity contribution in [3.05, 3.63) is 71.9 Å². The van der Waals surface area contributed by atoms with Crippen LogP contribution in [0.4, 0.5) is 14.5 Å². The molecule has 0 spiro atoms. The second kappa shape index (κ2) is 8.05. The van der Waals surface area contributed by atoms with Gasteiger partial charge in [-0.2, -0.15) is 0 Å². The van der Waals surface area contributed by atoms with Crippen LogP contribution in [0.2, 0.25) is 0 Å². The second-order valence-electron chi connectivity index (χ2n) is 7.51. The summed E-state index contributed by atoms with van der Waals surface area (Å²) in [5.41, 5.74) is 2.20. The molecule has 1 heterocycles. The topological polar surface area (TPSA) is 42.0 Å². The minimum absolute atomic E-state index is 0.0357. The first-order valence-electron chi connectivity index (χ1n) is 9.68. The van der Waals surface area contributed by atoms with Crippen molar-refractivity contribution >= 4 is 22.5 Å². The first-order chi connectivity index (χ1) is 13.6. The molecule has 3 nitrogen and oxygen atoms in total. The van der Waals surface area contributed by atoms with Crippen molar-refractivity contribution in [1.82, 2.24) is 4.98 Å². The summed E-state index contributed by atoms with van der Waals surface area (Å²) in [6.07, 6.45) is 6.02. The third-order valence-electron chi connectivity index (χ3n) is 5.64. The van der Waals surface area contributed by atoms with Crippen LogP contribution in [-0.4, -0.2) is 10.9 Å². The fraction of sp³-hybridized carbons (Fsp3) is 0.304. The molecule has 0 bridgehead atoms. The minimum Gasteiger partial charge on any atom is -0.326 e.